The fourth-order valence-electron chi connectivity index (χ4n) is 4.48. The topological polar surface area (TPSA) is 88.0 Å². The Hall–Kier alpha value is -3.10. The van der Waals surface area contributed by atoms with Gasteiger partial charge in [0.25, 0.3) is 5.56 Å². The van der Waals surface area contributed by atoms with Gasteiger partial charge in [0, 0.05) is 33.5 Å². The van der Waals surface area contributed by atoms with E-state index in [1.54, 1.807) is 23.1 Å². The van der Waals surface area contributed by atoms with Crippen LogP contribution in [0, 0.1) is 0 Å². The van der Waals surface area contributed by atoms with Gasteiger partial charge >= 0.3 is 0 Å². The maximum atomic E-state index is 12.6. The van der Waals surface area contributed by atoms with Crippen LogP contribution in [0.1, 0.15) is 29.1 Å². The summed E-state index contributed by atoms with van der Waals surface area (Å²) in [5, 5.41) is 5.78. The zero-order valence-electron chi connectivity index (χ0n) is 17.8. The molecule has 1 amide bonds. The Labute approximate surface area is 197 Å². The number of fused-ring (bicyclic) bond motifs is 6. The van der Waals surface area contributed by atoms with Crippen molar-refractivity contribution in [3.63, 3.8) is 0 Å². The minimum absolute atomic E-state index is 0.0325. The first kappa shape index (κ1) is 20.5. The van der Waals surface area contributed by atoms with E-state index in [2.05, 4.69) is 15.3 Å². The largest absolute Gasteiger partial charge is 0.456 e. The van der Waals surface area contributed by atoms with Crippen molar-refractivity contribution in [3.05, 3.63) is 69.1 Å². The van der Waals surface area contributed by atoms with Gasteiger partial charge in [-0.15, -0.1) is 11.3 Å². The van der Waals surface area contributed by atoms with Gasteiger partial charge in [-0.3, -0.25) is 9.59 Å². The smallest absolute Gasteiger partial charge is 0.259 e. The summed E-state index contributed by atoms with van der Waals surface area (Å²) in [7, 11) is 0. The van der Waals surface area contributed by atoms with Crippen molar-refractivity contribution in [3.8, 4) is 0 Å². The van der Waals surface area contributed by atoms with E-state index >= 15 is 0 Å². The number of nitrogens with zero attached hydrogens (tertiary/aromatic N) is 1. The van der Waals surface area contributed by atoms with Crippen LogP contribution in [0.3, 0.4) is 0 Å². The molecule has 3 heterocycles. The number of carbonyl (C=O) groups is 1. The highest BCUT2D eigenvalue weighted by Gasteiger charge is 2.21. The fourth-order valence-corrected chi connectivity index (χ4v) is 6.56. The predicted molar refractivity (Wildman–Crippen MR) is 135 cm³/mol. The van der Waals surface area contributed by atoms with Crippen LogP contribution in [0.25, 0.3) is 32.2 Å². The number of aromatic amines is 1. The summed E-state index contributed by atoms with van der Waals surface area (Å²) in [5.41, 5.74) is 3.56. The molecular weight excluding hydrogens is 454 g/mol. The molecule has 166 valence electrons. The molecule has 0 unspecified atom stereocenters. The van der Waals surface area contributed by atoms with Crippen LogP contribution in [0.15, 0.2) is 51.7 Å². The third-order valence-electron chi connectivity index (χ3n) is 6.00. The second-order valence-corrected chi connectivity index (χ2v) is 10.4. The standard InChI is InChI=1S/C25H21N3O3S2/c29-22(26-14-8-9-19-17(12-14)15-4-1-2-6-18(15)31-19)10-11-32-13-21-27-24(30)23-16-5-3-7-20(16)33-25(23)28-21/h1-2,4,6,8-9,12H,3,5,7,10-11,13H2,(H,26,29)(H,27,28,30). The van der Waals surface area contributed by atoms with Crippen molar-refractivity contribution in [1.29, 1.82) is 0 Å². The molecule has 0 fully saturated rings. The molecule has 0 radical (unpaired) electrons. The van der Waals surface area contributed by atoms with Crippen molar-refractivity contribution < 1.29 is 9.21 Å². The number of aromatic nitrogens is 2. The number of H-pyrrole nitrogens is 1. The number of hydrogen-bond acceptors (Lipinski definition) is 6. The average Bonchev–Trinajstić information content (AvgIpc) is 3.49. The van der Waals surface area contributed by atoms with Gasteiger partial charge in [0.1, 0.15) is 21.8 Å². The van der Waals surface area contributed by atoms with E-state index in [0.717, 1.165) is 57.1 Å². The summed E-state index contributed by atoms with van der Waals surface area (Å²) in [6.07, 6.45) is 3.54. The number of amides is 1. The van der Waals surface area contributed by atoms with Gasteiger partial charge in [0.05, 0.1) is 11.1 Å². The van der Waals surface area contributed by atoms with Crippen molar-refractivity contribution in [1.82, 2.24) is 9.97 Å². The monoisotopic (exact) mass is 475 g/mol. The van der Waals surface area contributed by atoms with Crippen molar-refractivity contribution in [2.75, 3.05) is 11.1 Å². The molecule has 3 aromatic heterocycles. The number of para-hydroxylation sites is 1. The number of thiophene rings is 1. The second kappa shape index (κ2) is 8.35. The number of rotatable bonds is 6. The van der Waals surface area contributed by atoms with Gasteiger partial charge in [-0.2, -0.15) is 11.8 Å². The summed E-state index contributed by atoms with van der Waals surface area (Å²) in [5.74, 6) is 1.86. The number of thioether (sulfide) groups is 1. The number of nitrogens with one attached hydrogen (secondary N) is 2. The summed E-state index contributed by atoms with van der Waals surface area (Å²) in [6, 6.07) is 13.6. The zero-order valence-corrected chi connectivity index (χ0v) is 19.4. The number of aryl methyl sites for hydroxylation is 2. The maximum Gasteiger partial charge on any atom is 0.259 e. The van der Waals surface area contributed by atoms with Crippen molar-refractivity contribution >= 4 is 66.8 Å². The molecule has 0 spiro atoms. The summed E-state index contributed by atoms with van der Waals surface area (Å²) in [6.45, 7) is 0. The lowest BCUT2D eigenvalue weighted by atomic mass is 10.1. The van der Waals surface area contributed by atoms with Crippen molar-refractivity contribution in [2.24, 2.45) is 0 Å². The van der Waals surface area contributed by atoms with Crippen LogP contribution in [0.4, 0.5) is 5.69 Å². The second-order valence-electron chi connectivity index (χ2n) is 8.21. The highest BCUT2D eigenvalue weighted by Crippen LogP contribution is 2.34. The van der Waals surface area contributed by atoms with Crippen LogP contribution < -0.4 is 10.9 Å². The zero-order chi connectivity index (χ0) is 22.4. The quantitative estimate of drug-likeness (QED) is 0.311. The molecule has 0 aliphatic heterocycles. The third-order valence-corrected chi connectivity index (χ3v) is 8.15. The minimum Gasteiger partial charge on any atom is -0.456 e. The Morgan fingerprint density at radius 2 is 2.03 bits per heavy atom. The van der Waals surface area contributed by atoms with E-state index in [4.69, 9.17) is 4.42 Å². The SMILES string of the molecule is O=C(CCSCc1nc2sc3c(c2c(=O)[nH]1)CCC3)Nc1ccc2oc3ccccc3c2c1. The lowest BCUT2D eigenvalue weighted by Gasteiger charge is -2.06. The number of benzene rings is 2. The van der Waals surface area contributed by atoms with E-state index in [9.17, 15) is 9.59 Å². The van der Waals surface area contributed by atoms with E-state index < -0.39 is 0 Å². The molecule has 0 bridgehead atoms. The van der Waals surface area contributed by atoms with Crippen LogP contribution >= 0.6 is 23.1 Å². The van der Waals surface area contributed by atoms with Crippen LogP contribution in [0.2, 0.25) is 0 Å². The molecule has 2 N–H and O–H groups in total. The molecular formula is C25H21N3O3S2. The number of hydrogen-bond donors (Lipinski definition) is 2. The van der Waals surface area contributed by atoms with Gasteiger partial charge in [0.2, 0.25) is 5.91 Å². The number of furan rings is 1. The number of anilines is 1. The Bertz CT molecular complexity index is 1580. The molecule has 6 nitrogen and oxygen atoms in total. The minimum atomic E-state index is -0.0405. The Morgan fingerprint density at radius 1 is 1.15 bits per heavy atom. The lowest BCUT2D eigenvalue weighted by Crippen LogP contribution is -2.13. The molecule has 33 heavy (non-hydrogen) atoms. The van der Waals surface area contributed by atoms with Gasteiger partial charge < -0.3 is 14.7 Å². The molecule has 0 saturated heterocycles. The molecule has 5 aromatic rings. The molecule has 1 aliphatic rings. The van der Waals surface area contributed by atoms with Gasteiger partial charge in [-0.25, -0.2) is 4.98 Å². The summed E-state index contributed by atoms with van der Waals surface area (Å²) < 4.78 is 5.84. The van der Waals surface area contributed by atoms with E-state index in [0.29, 0.717) is 23.8 Å². The first-order valence-electron chi connectivity index (χ1n) is 11.0. The average molecular weight is 476 g/mol. The Kier molecular flexibility index (Phi) is 5.19. The van der Waals surface area contributed by atoms with E-state index in [1.807, 2.05) is 42.5 Å². The maximum absolute atomic E-state index is 12.6. The lowest BCUT2D eigenvalue weighted by molar-refractivity contribution is -0.115. The Balaban J connectivity index is 1.07. The molecule has 0 atom stereocenters. The first-order valence-corrected chi connectivity index (χ1v) is 13.0. The third kappa shape index (κ3) is 3.83. The highest BCUT2D eigenvalue weighted by atomic mass is 32.2. The first-order chi connectivity index (χ1) is 16.2. The molecule has 1 aliphatic carbocycles. The van der Waals surface area contributed by atoms with Gasteiger partial charge in [0.15, 0.2) is 0 Å². The van der Waals surface area contributed by atoms with Crippen LogP contribution in [-0.2, 0) is 23.4 Å². The molecule has 6 rings (SSSR count). The van der Waals surface area contributed by atoms with Gasteiger partial charge in [-0.1, -0.05) is 18.2 Å². The molecule has 2 aromatic carbocycles. The van der Waals surface area contributed by atoms with Gasteiger partial charge in [-0.05, 0) is 49.1 Å². The van der Waals surface area contributed by atoms with Crippen LogP contribution in [0.5, 0.6) is 0 Å². The van der Waals surface area contributed by atoms with E-state index in [-0.39, 0.29) is 11.5 Å². The molecule has 8 heteroatoms. The predicted octanol–water partition coefficient (Wildman–Crippen LogP) is 5.63. The normalized spacial score (nSPS) is 13.2. The summed E-state index contributed by atoms with van der Waals surface area (Å²) >= 11 is 3.25. The van der Waals surface area contributed by atoms with Crippen molar-refractivity contribution in [2.45, 2.75) is 31.4 Å². The van der Waals surface area contributed by atoms with Crippen LogP contribution in [-0.4, -0.2) is 21.6 Å². The van der Waals surface area contributed by atoms with E-state index in [1.165, 1.54) is 10.4 Å². The fraction of sp³-hybridized carbons (Fsp3) is 0.240. The number of carbonyl (C=O) groups excluding carboxylic acids is 1. The Morgan fingerprint density at radius 3 is 2.97 bits per heavy atom. The summed E-state index contributed by atoms with van der Waals surface area (Å²) in [4.78, 5) is 34.8. The molecule has 0 saturated carbocycles. The highest BCUT2D eigenvalue weighted by molar-refractivity contribution is 7.98.